The van der Waals surface area contributed by atoms with Crippen LogP contribution in [0.3, 0.4) is 0 Å². The highest BCUT2D eigenvalue weighted by Gasteiger charge is 2.12. The Kier molecular flexibility index (Phi) is 2.30. The average Bonchev–Trinajstić information content (AvgIpc) is 1.86. The molecule has 0 radical (unpaired) electrons. The molecule has 3 heteroatoms. The molecule has 1 aromatic rings. The normalized spacial score (nSPS) is 11.6. The number of hydrogen-bond acceptors (Lipinski definition) is 1. The molecular weight excluding hydrogens is 204 g/mol. The van der Waals surface area contributed by atoms with E-state index in [1.807, 2.05) is 18.3 Å². The molecule has 0 unspecified atom stereocenters. The molecule has 0 saturated heterocycles. The number of rotatable bonds is 1. The van der Waals surface area contributed by atoms with E-state index in [0.717, 1.165) is 14.8 Å². The molecule has 0 N–H and O–H groups in total. The summed E-state index contributed by atoms with van der Waals surface area (Å²) in [6.07, 6.45) is 1.82. The zero-order chi connectivity index (χ0) is 8.48. The Bertz CT molecular complexity index is 235. The van der Waals surface area contributed by atoms with E-state index in [1.54, 1.807) is 0 Å². The first-order chi connectivity index (χ1) is 5.00. The Labute approximate surface area is 75.6 Å². The van der Waals surface area contributed by atoms with Crippen molar-refractivity contribution >= 4 is 21.7 Å². The van der Waals surface area contributed by atoms with Crippen molar-refractivity contribution in [2.45, 2.75) is 0 Å². The topological polar surface area (TPSA) is 12.9 Å². The van der Waals surface area contributed by atoms with Crippen LogP contribution in [0, 0.1) is 0 Å². The largest absolute Gasteiger partial charge is 0.282 e. The maximum absolute atomic E-state index is 4.27. The van der Waals surface area contributed by atoms with Gasteiger partial charge in [0.1, 0.15) is 0 Å². The van der Waals surface area contributed by atoms with Crippen molar-refractivity contribution < 1.29 is 0 Å². The highest BCUT2D eigenvalue weighted by atomic mass is 79.9. The Hall–Kier alpha value is -0.410. The summed E-state index contributed by atoms with van der Waals surface area (Å²) in [7, 11) is 6.28. The van der Waals surface area contributed by atoms with Gasteiger partial charge in [0, 0.05) is 16.7 Å². The lowest BCUT2D eigenvalue weighted by molar-refractivity contribution is 0.473. The number of quaternary nitrogens is 1. The van der Waals surface area contributed by atoms with Crippen molar-refractivity contribution in [3.63, 3.8) is 0 Å². The van der Waals surface area contributed by atoms with E-state index in [9.17, 15) is 0 Å². The van der Waals surface area contributed by atoms with E-state index in [0.29, 0.717) is 0 Å². The predicted octanol–water partition coefficient (Wildman–Crippen LogP) is 2.04. The molecule has 1 aromatic heterocycles. The quantitative estimate of drug-likeness (QED) is 0.654. The van der Waals surface area contributed by atoms with Gasteiger partial charge in [0.25, 0.3) is 0 Å². The van der Waals surface area contributed by atoms with Crippen molar-refractivity contribution in [2.75, 3.05) is 21.1 Å². The Morgan fingerprint density at radius 1 is 1.27 bits per heavy atom. The molecule has 2 nitrogen and oxygen atoms in total. The summed E-state index contributed by atoms with van der Waals surface area (Å²) >= 11 is 3.34. The van der Waals surface area contributed by atoms with E-state index in [2.05, 4.69) is 42.1 Å². The van der Waals surface area contributed by atoms with Crippen LogP contribution in [0.4, 0.5) is 5.82 Å². The second-order valence-electron chi connectivity index (χ2n) is 3.35. The Morgan fingerprint density at radius 2 is 1.91 bits per heavy atom. The van der Waals surface area contributed by atoms with Crippen molar-refractivity contribution in [1.29, 1.82) is 0 Å². The van der Waals surface area contributed by atoms with Gasteiger partial charge in [-0.1, -0.05) is 0 Å². The Balaban J connectivity index is 2.99. The number of aromatic nitrogens is 1. The van der Waals surface area contributed by atoms with E-state index in [1.165, 1.54) is 0 Å². The van der Waals surface area contributed by atoms with E-state index < -0.39 is 0 Å². The molecule has 1 rings (SSSR count). The third-order valence-electron chi connectivity index (χ3n) is 1.40. The summed E-state index contributed by atoms with van der Waals surface area (Å²) < 4.78 is 1.78. The number of hydrogen-bond donors (Lipinski definition) is 0. The molecule has 0 aromatic carbocycles. The minimum atomic E-state index is 0.757. The molecule has 0 fully saturated rings. The SMILES string of the molecule is C[N+](C)(C)c1ccc(Br)cn1. The highest BCUT2D eigenvalue weighted by molar-refractivity contribution is 9.10. The lowest BCUT2D eigenvalue weighted by Gasteiger charge is -2.21. The molecule has 0 saturated carbocycles. The fourth-order valence-electron chi connectivity index (χ4n) is 0.765. The van der Waals surface area contributed by atoms with Crippen LogP contribution in [0.1, 0.15) is 0 Å². The predicted molar refractivity (Wildman–Crippen MR) is 51.5 cm³/mol. The maximum Gasteiger partial charge on any atom is 0.226 e. The van der Waals surface area contributed by atoms with Crippen LogP contribution in [0.5, 0.6) is 0 Å². The van der Waals surface area contributed by atoms with E-state index >= 15 is 0 Å². The molecule has 11 heavy (non-hydrogen) atoms. The molecule has 0 aliphatic heterocycles. The monoisotopic (exact) mass is 215 g/mol. The molecule has 0 amide bonds. The van der Waals surface area contributed by atoms with Crippen LogP contribution < -0.4 is 4.48 Å². The van der Waals surface area contributed by atoms with E-state index in [-0.39, 0.29) is 0 Å². The second kappa shape index (κ2) is 2.91. The number of halogens is 1. The van der Waals surface area contributed by atoms with Crippen LogP contribution in [0.2, 0.25) is 0 Å². The first kappa shape index (κ1) is 8.68. The third kappa shape index (κ3) is 2.27. The van der Waals surface area contributed by atoms with Gasteiger partial charge in [0.2, 0.25) is 5.82 Å². The molecule has 0 bridgehead atoms. The van der Waals surface area contributed by atoms with Gasteiger partial charge in [0.05, 0.1) is 21.1 Å². The minimum absolute atomic E-state index is 0.757. The smallest absolute Gasteiger partial charge is 0.226 e. The summed E-state index contributed by atoms with van der Waals surface area (Å²) in [6, 6.07) is 4.02. The summed E-state index contributed by atoms with van der Waals surface area (Å²) in [5.74, 6) is 1.06. The molecule has 0 spiro atoms. The summed E-state index contributed by atoms with van der Waals surface area (Å²) in [5, 5.41) is 0. The van der Waals surface area contributed by atoms with Gasteiger partial charge in [-0.25, -0.2) is 4.98 Å². The summed E-state index contributed by atoms with van der Waals surface area (Å²) in [5.41, 5.74) is 0. The lowest BCUT2D eigenvalue weighted by Crippen LogP contribution is -2.35. The zero-order valence-electron chi connectivity index (χ0n) is 7.00. The van der Waals surface area contributed by atoms with Crippen LogP contribution in [0.15, 0.2) is 22.8 Å². The molecule has 0 aliphatic rings. The van der Waals surface area contributed by atoms with Crippen molar-refractivity contribution in [1.82, 2.24) is 9.47 Å². The molecular formula is C8H12BrN2+. The third-order valence-corrected chi connectivity index (χ3v) is 1.87. The Morgan fingerprint density at radius 3 is 2.27 bits per heavy atom. The number of nitrogens with zero attached hydrogens (tertiary/aromatic N) is 2. The van der Waals surface area contributed by atoms with Gasteiger partial charge in [-0.15, -0.1) is 0 Å². The fourth-order valence-corrected chi connectivity index (χ4v) is 0.999. The first-order valence-corrected chi connectivity index (χ1v) is 4.23. The maximum atomic E-state index is 4.27. The lowest BCUT2D eigenvalue weighted by atomic mass is 10.4. The fraction of sp³-hybridized carbons (Fsp3) is 0.375. The number of pyridine rings is 1. The van der Waals surface area contributed by atoms with Gasteiger partial charge < -0.3 is 0 Å². The molecule has 0 atom stereocenters. The van der Waals surface area contributed by atoms with Gasteiger partial charge in [-0.3, -0.25) is 4.48 Å². The van der Waals surface area contributed by atoms with Crippen molar-refractivity contribution in [2.24, 2.45) is 0 Å². The van der Waals surface area contributed by atoms with Crippen LogP contribution in [-0.4, -0.2) is 26.1 Å². The van der Waals surface area contributed by atoms with Crippen molar-refractivity contribution in [3.8, 4) is 0 Å². The summed E-state index contributed by atoms with van der Waals surface area (Å²) in [6.45, 7) is 0. The van der Waals surface area contributed by atoms with Gasteiger partial charge in [0.15, 0.2) is 0 Å². The van der Waals surface area contributed by atoms with Crippen LogP contribution >= 0.6 is 15.9 Å². The standard InChI is InChI=1S/C8H12BrN2/c1-11(2,3)8-5-4-7(9)6-10-8/h4-6H,1-3H3/q+1. The molecule has 0 aliphatic carbocycles. The van der Waals surface area contributed by atoms with Crippen molar-refractivity contribution in [3.05, 3.63) is 22.8 Å². The zero-order valence-corrected chi connectivity index (χ0v) is 8.59. The van der Waals surface area contributed by atoms with Crippen LogP contribution in [0.25, 0.3) is 0 Å². The van der Waals surface area contributed by atoms with Gasteiger partial charge in [-0.2, -0.15) is 0 Å². The molecule has 60 valence electrons. The van der Waals surface area contributed by atoms with E-state index in [4.69, 9.17) is 0 Å². The van der Waals surface area contributed by atoms with Gasteiger partial charge >= 0.3 is 0 Å². The van der Waals surface area contributed by atoms with Gasteiger partial charge in [-0.05, 0) is 22.0 Å². The molecule has 1 heterocycles. The van der Waals surface area contributed by atoms with Crippen LogP contribution in [-0.2, 0) is 0 Å². The average molecular weight is 216 g/mol. The highest BCUT2D eigenvalue weighted by Crippen LogP contribution is 2.15. The second-order valence-corrected chi connectivity index (χ2v) is 4.26. The summed E-state index contributed by atoms with van der Waals surface area (Å²) in [4.78, 5) is 4.27. The first-order valence-electron chi connectivity index (χ1n) is 3.44. The minimum Gasteiger partial charge on any atom is -0.282 e.